The molecule has 0 radical (unpaired) electrons. The van der Waals surface area contributed by atoms with Crippen LogP contribution in [0.5, 0.6) is 5.75 Å². The van der Waals surface area contributed by atoms with Gasteiger partial charge in [-0.15, -0.1) is 10.2 Å². The lowest BCUT2D eigenvalue weighted by Crippen LogP contribution is -2.41. The predicted octanol–water partition coefficient (Wildman–Crippen LogP) is 4.67. The average Bonchev–Trinajstić information content (AvgIpc) is 3.13. The van der Waals surface area contributed by atoms with Crippen LogP contribution in [0, 0.1) is 6.92 Å². The van der Waals surface area contributed by atoms with Gasteiger partial charge < -0.3 is 15.5 Å². The van der Waals surface area contributed by atoms with Crippen molar-refractivity contribution in [1.29, 1.82) is 0 Å². The van der Waals surface area contributed by atoms with E-state index in [0.29, 0.717) is 16.7 Å². The van der Waals surface area contributed by atoms with Crippen molar-refractivity contribution in [3.63, 3.8) is 0 Å². The number of carbonyl (C=O) groups is 1. The van der Waals surface area contributed by atoms with Crippen molar-refractivity contribution in [2.45, 2.75) is 29.5 Å². The SMILES string of the molecule is COc1ccc([C@@H]2Nn3c(C)nnc3S[C@H]2C(=O)Nc2cc(C(F)(F)F)ccc2Cl)cc1. The fourth-order valence-corrected chi connectivity index (χ4v) is 4.51. The van der Waals surface area contributed by atoms with Crippen LogP contribution in [0.4, 0.5) is 18.9 Å². The molecule has 0 spiro atoms. The number of alkyl halides is 3. The van der Waals surface area contributed by atoms with E-state index in [1.165, 1.54) is 0 Å². The normalized spacial score (nSPS) is 17.9. The predicted molar refractivity (Wildman–Crippen MR) is 115 cm³/mol. The first-order chi connectivity index (χ1) is 15.2. The van der Waals surface area contributed by atoms with E-state index in [0.717, 1.165) is 35.5 Å². The first-order valence-corrected chi connectivity index (χ1v) is 10.6. The van der Waals surface area contributed by atoms with Crippen molar-refractivity contribution in [2.24, 2.45) is 0 Å². The highest BCUT2D eigenvalue weighted by atomic mass is 35.5. The Bertz CT molecular complexity index is 1150. The van der Waals surface area contributed by atoms with Crippen molar-refractivity contribution in [2.75, 3.05) is 17.9 Å². The quantitative estimate of drug-likeness (QED) is 0.561. The monoisotopic (exact) mass is 483 g/mol. The van der Waals surface area contributed by atoms with Crippen LogP contribution in [0.25, 0.3) is 0 Å². The number of anilines is 1. The Balaban J connectivity index is 1.67. The Morgan fingerprint density at radius 3 is 2.59 bits per heavy atom. The zero-order valence-electron chi connectivity index (χ0n) is 16.8. The lowest BCUT2D eigenvalue weighted by Gasteiger charge is -2.32. The Labute approximate surface area is 190 Å². The third-order valence-corrected chi connectivity index (χ3v) is 6.43. The molecule has 3 aromatic rings. The minimum absolute atomic E-state index is 0.000118. The number of hydrogen-bond donors (Lipinski definition) is 2. The van der Waals surface area contributed by atoms with Crippen molar-refractivity contribution >= 4 is 35.0 Å². The number of halogens is 4. The number of aromatic nitrogens is 3. The lowest BCUT2D eigenvalue weighted by atomic mass is 10.0. The Hall–Kier alpha value is -2.92. The standard InChI is InChI=1S/C20H17ClF3N5O2S/c1-10-26-27-19-29(10)28-16(11-3-6-13(31-2)7-4-11)17(32-19)18(30)25-15-9-12(20(22,23)24)5-8-14(15)21/h3-9,16-17,28H,1-2H3,(H,25,30)/t16-,17+/m0/s1. The summed E-state index contributed by atoms with van der Waals surface area (Å²) in [5.74, 6) is 0.720. The molecule has 1 aliphatic heterocycles. The zero-order valence-corrected chi connectivity index (χ0v) is 18.3. The summed E-state index contributed by atoms with van der Waals surface area (Å²) in [5, 5.41) is 10.3. The van der Waals surface area contributed by atoms with E-state index < -0.39 is 28.9 Å². The van der Waals surface area contributed by atoms with E-state index in [2.05, 4.69) is 20.9 Å². The van der Waals surface area contributed by atoms with Gasteiger partial charge in [-0.05, 0) is 42.8 Å². The molecule has 2 atom stereocenters. The third-order valence-electron chi connectivity index (χ3n) is 4.88. The van der Waals surface area contributed by atoms with Gasteiger partial charge in [0.05, 0.1) is 29.4 Å². The molecule has 1 aliphatic rings. The summed E-state index contributed by atoms with van der Waals surface area (Å²) in [4.78, 5) is 13.2. The molecule has 12 heteroatoms. The zero-order chi connectivity index (χ0) is 23.0. The largest absolute Gasteiger partial charge is 0.497 e. The molecule has 4 rings (SSSR count). The molecule has 168 valence electrons. The minimum Gasteiger partial charge on any atom is -0.497 e. The number of ether oxygens (including phenoxy) is 1. The third kappa shape index (κ3) is 4.35. The van der Waals surface area contributed by atoms with Gasteiger partial charge in [0.15, 0.2) is 0 Å². The molecule has 0 unspecified atom stereocenters. The van der Waals surface area contributed by atoms with Gasteiger partial charge in [-0.3, -0.25) is 4.79 Å². The van der Waals surface area contributed by atoms with Gasteiger partial charge in [0, 0.05) is 0 Å². The second-order valence-electron chi connectivity index (χ2n) is 6.97. The summed E-state index contributed by atoms with van der Waals surface area (Å²) in [6.45, 7) is 1.76. The first kappa shape index (κ1) is 22.3. The van der Waals surface area contributed by atoms with E-state index in [-0.39, 0.29) is 10.7 Å². The molecule has 7 nitrogen and oxygen atoms in total. The van der Waals surface area contributed by atoms with Gasteiger partial charge >= 0.3 is 6.18 Å². The van der Waals surface area contributed by atoms with Gasteiger partial charge in [-0.2, -0.15) is 13.2 Å². The summed E-state index contributed by atoms with van der Waals surface area (Å²) in [5.41, 5.74) is 2.96. The second-order valence-corrected chi connectivity index (χ2v) is 8.48. The van der Waals surface area contributed by atoms with Crippen LogP contribution < -0.4 is 15.5 Å². The summed E-state index contributed by atoms with van der Waals surface area (Å²) < 4.78 is 46.2. The van der Waals surface area contributed by atoms with E-state index in [1.807, 2.05) is 0 Å². The Kier molecular flexibility index (Phi) is 5.95. The molecule has 0 aliphatic carbocycles. The van der Waals surface area contributed by atoms with Gasteiger partial charge in [0.2, 0.25) is 11.1 Å². The van der Waals surface area contributed by atoms with E-state index in [4.69, 9.17) is 16.3 Å². The van der Waals surface area contributed by atoms with Crippen LogP contribution >= 0.6 is 23.4 Å². The molecule has 0 bridgehead atoms. The molecule has 0 saturated heterocycles. The van der Waals surface area contributed by atoms with Crippen LogP contribution in [0.15, 0.2) is 47.6 Å². The maximum absolute atomic E-state index is 13.2. The number of rotatable bonds is 4. The van der Waals surface area contributed by atoms with Crippen LogP contribution in [-0.2, 0) is 11.0 Å². The van der Waals surface area contributed by atoms with Gasteiger partial charge in [0.25, 0.3) is 0 Å². The van der Waals surface area contributed by atoms with E-state index in [1.54, 1.807) is 43.0 Å². The summed E-state index contributed by atoms with van der Waals surface area (Å²) in [7, 11) is 1.55. The number of thioether (sulfide) groups is 1. The number of hydrogen-bond acceptors (Lipinski definition) is 6. The van der Waals surface area contributed by atoms with Gasteiger partial charge in [-0.1, -0.05) is 35.5 Å². The van der Waals surface area contributed by atoms with Crippen molar-refractivity contribution in [1.82, 2.24) is 14.9 Å². The second kappa shape index (κ2) is 8.55. The van der Waals surface area contributed by atoms with Crippen molar-refractivity contribution < 1.29 is 22.7 Å². The number of amides is 1. The lowest BCUT2D eigenvalue weighted by molar-refractivity contribution is -0.137. The molecule has 32 heavy (non-hydrogen) atoms. The van der Waals surface area contributed by atoms with Crippen molar-refractivity contribution in [3.8, 4) is 5.75 Å². The maximum Gasteiger partial charge on any atom is 0.416 e. The smallest absolute Gasteiger partial charge is 0.416 e. The first-order valence-electron chi connectivity index (χ1n) is 9.34. The summed E-state index contributed by atoms with van der Waals surface area (Å²) in [6.07, 6.45) is -4.56. The number of carbonyl (C=O) groups excluding carboxylic acids is 1. The Morgan fingerprint density at radius 1 is 1.22 bits per heavy atom. The minimum atomic E-state index is -4.56. The Morgan fingerprint density at radius 2 is 1.94 bits per heavy atom. The van der Waals surface area contributed by atoms with Crippen molar-refractivity contribution in [3.05, 3.63) is 64.4 Å². The maximum atomic E-state index is 13.2. The summed E-state index contributed by atoms with van der Waals surface area (Å²) in [6, 6.07) is 9.38. The van der Waals surface area contributed by atoms with Crippen LogP contribution in [0.2, 0.25) is 5.02 Å². The topological polar surface area (TPSA) is 81.1 Å². The fourth-order valence-electron chi connectivity index (χ4n) is 3.22. The molecular weight excluding hydrogens is 467 g/mol. The number of nitrogens with one attached hydrogen (secondary N) is 2. The van der Waals surface area contributed by atoms with E-state index in [9.17, 15) is 18.0 Å². The summed E-state index contributed by atoms with van der Waals surface area (Å²) >= 11 is 7.21. The van der Waals surface area contributed by atoms with Gasteiger partial charge in [-0.25, -0.2) is 4.68 Å². The number of fused-ring (bicyclic) bond motifs is 1. The van der Waals surface area contributed by atoms with Crippen LogP contribution in [0.3, 0.4) is 0 Å². The van der Waals surface area contributed by atoms with Gasteiger partial charge in [0.1, 0.15) is 16.8 Å². The molecule has 0 fully saturated rings. The molecule has 1 amide bonds. The molecular formula is C20H17ClF3N5O2S. The van der Waals surface area contributed by atoms with Crippen LogP contribution in [-0.4, -0.2) is 33.1 Å². The molecule has 2 aromatic carbocycles. The molecule has 2 heterocycles. The highest BCUT2D eigenvalue weighted by Crippen LogP contribution is 2.39. The fraction of sp³-hybridized carbons (Fsp3) is 0.250. The molecule has 1 aromatic heterocycles. The number of methoxy groups -OCH3 is 1. The van der Waals surface area contributed by atoms with Crippen LogP contribution in [0.1, 0.15) is 23.0 Å². The average molecular weight is 484 g/mol. The number of nitrogens with zero attached hydrogens (tertiary/aromatic N) is 3. The highest BCUT2D eigenvalue weighted by molar-refractivity contribution is 8.00. The molecule has 2 N–H and O–H groups in total. The highest BCUT2D eigenvalue weighted by Gasteiger charge is 2.38. The molecule has 0 saturated carbocycles. The van der Waals surface area contributed by atoms with E-state index >= 15 is 0 Å². The number of benzene rings is 2. The number of aryl methyl sites for hydroxylation is 1.